The molecule has 0 aliphatic heterocycles. The Kier molecular flexibility index (Phi) is 4.97. The first-order valence-electron chi connectivity index (χ1n) is 8.71. The molecule has 21 heavy (non-hydrogen) atoms. The van der Waals surface area contributed by atoms with Crippen molar-refractivity contribution in [3.63, 3.8) is 0 Å². The van der Waals surface area contributed by atoms with E-state index in [0.29, 0.717) is 5.92 Å². The normalized spacial score (nSPS) is 20.5. The van der Waals surface area contributed by atoms with E-state index < -0.39 is 0 Å². The van der Waals surface area contributed by atoms with Crippen LogP contribution in [-0.2, 0) is 6.54 Å². The van der Waals surface area contributed by atoms with E-state index in [2.05, 4.69) is 48.5 Å². The predicted molar refractivity (Wildman–Crippen MR) is 89.6 cm³/mol. The molecule has 0 heterocycles. The molecule has 2 aliphatic carbocycles. The molecule has 0 saturated heterocycles. The zero-order chi connectivity index (χ0) is 14.7. The Labute approximate surface area is 129 Å². The molecule has 1 atom stereocenters. The highest BCUT2D eigenvalue weighted by Gasteiger charge is 2.21. The lowest BCUT2D eigenvalue weighted by molar-refractivity contribution is 0.200. The summed E-state index contributed by atoms with van der Waals surface area (Å²) in [6.07, 6.45) is 7.07. The molecule has 0 spiro atoms. The summed E-state index contributed by atoms with van der Waals surface area (Å²) in [4.78, 5) is 2.48. The van der Waals surface area contributed by atoms with Gasteiger partial charge in [-0.1, -0.05) is 37.6 Å². The topological polar surface area (TPSA) is 15.3 Å². The molecule has 0 bridgehead atoms. The minimum atomic E-state index is 0.618. The van der Waals surface area contributed by atoms with Gasteiger partial charge in [0.2, 0.25) is 0 Å². The first-order chi connectivity index (χ1) is 10.2. The SMILES string of the molecule is CC(CNC1CC1)c1ccc(CN(C)CC2CCC2)cc1. The van der Waals surface area contributed by atoms with E-state index in [1.807, 2.05) is 0 Å². The third kappa shape index (κ3) is 4.55. The number of nitrogens with zero attached hydrogens (tertiary/aromatic N) is 1. The quantitative estimate of drug-likeness (QED) is 0.782. The molecule has 0 radical (unpaired) electrons. The van der Waals surface area contributed by atoms with Gasteiger partial charge in [0.1, 0.15) is 0 Å². The van der Waals surface area contributed by atoms with Gasteiger partial charge in [-0.05, 0) is 55.7 Å². The molecule has 0 aromatic heterocycles. The summed E-state index contributed by atoms with van der Waals surface area (Å²) in [6.45, 7) is 5.80. The Bertz CT molecular complexity index is 431. The lowest BCUT2D eigenvalue weighted by Gasteiger charge is -2.30. The molecular weight excluding hydrogens is 256 g/mol. The van der Waals surface area contributed by atoms with Crippen molar-refractivity contribution in [1.29, 1.82) is 0 Å². The largest absolute Gasteiger partial charge is 0.313 e. The maximum Gasteiger partial charge on any atom is 0.0230 e. The molecule has 2 heteroatoms. The van der Waals surface area contributed by atoms with Gasteiger partial charge in [-0.2, -0.15) is 0 Å². The average molecular weight is 286 g/mol. The first-order valence-corrected chi connectivity index (χ1v) is 8.71. The molecule has 116 valence electrons. The Morgan fingerprint density at radius 3 is 2.43 bits per heavy atom. The number of benzene rings is 1. The summed E-state index contributed by atoms with van der Waals surface area (Å²) in [6, 6.07) is 10.1. The Balaban J connectivity index is 1.45. The third-order valence-corrected chi connectivity index (χ3v) is 5.09. The summed E-state index contributed by atoms with van der Waals surface area (Å²) < 4.78 is 0. The number of rotatable bonds is 8. The summed E-state index contributed by atoms with van der Waals surface area (Å²) in [7, 11) is 2.26. The van der Waals surface area contributed by atoms with Crippen LogP contribution in [0.1, 0.15) is 56.1 Å². The second kappa shape index (κ2) is 6.93. The Morgan fingerprint density at radius 2 is 1.86 bits per heavy atom. The van der Waals surface area contributed by atoms with E-state index in [-0.39, 0.29) is 0 Å². The van der Waals surface area contributed by atoms with Gasteiger partial charge >= 0.3 is 0 Å². The van der Waals surface area contributed by atoms with Gasteiger partial charge in [-0.25, -0.2) is 0 Å². The summed E-state index contributed by atoms with van der Waals surface area (Å²) >= 11 is 0. The van der Waals surface area contributed by atoms with Crippen LogP contribution in [0.25, 0.3) is 0 Å². The fourth-order valence-corrected chi connectivity index (χ4v) is 3.19. The molecule has 2 nitrogen and oxygen atoms in total. The van der Waals surface area contributed by atoms with E-state index in [0.717, 1.165) is 25.0 Å². The molecule has 0 amide bonds. The van der Waals surface area contributed by atoms with E-state index in [4.69, 9.17) is 0 Å². The minimum absolute atomic E-state index is 0.618. The van der Waals surface area contributed by atoms with Crippen LogP contribution in [0, 0.1) is 5.92 Å². The summed E-state index contributed by atoms with van der Waals surface area (Å²) in [5, 5.41) is 3.63. The van der Waals surface area contributed by atoms with Crippen LogP contribution in [-0.4, -0.2) is 31.1 Å². The van der Waals surface area contributed by atoms with Gasteiger partial charge in [-0.15, -0.1) is 0 Å². The monoisotopic (exact) mass is 286 g/mol. The molecule has 2 saturated carbocycles. The highest BCUT2D eigenvalue weighted by atomic mass is 15.1. The highest BCUT2D eigenvalue weighted by Crippen LogP contribution is 2.27. The van der Waals surface area contributed by atoms with Crippen LogP contribution in [0.5, 0.6) is 0 Å². The van der Waals surface area contributed by atoms with Gasteiger partial charge in [0.05, 0.1) is 0 Å². The average Bonchev–Trinajstić information content (AvgIpc) is 3.25. The molecule has 2 aliphatic rings. The molecule has 1 unspecified atom stereocenters. The standard InChI is InChI=1S/C19H30N2/c1-15(12-20-19-10-11-19)18-8-6-17(7-9-18)14-21(2)13-16-4-3-5-16/h6-9,15-16,19-20H,3-5,10-14H2,1-2H3. The smallest absolute Gasteiger partial charge is 0.0230 e. The van der Waals surface area contributed by atoms with Crippen LogP contribution in [0.4, 0.5) is 0 Å². The fourth-order valence-electron chi connectivity index (χ4n) is 3.19. The van der Waals surface area contributed by atoms with Crippen molar-refractivity contribution >= 4 is 0 Å². The maximum atomic E-state index is 3.63. The molecule has 3 rings (SSSR count). The molecular formula is C19H30N2. The van der Waals surface area contributed by atoms with Crippen molar-refractivity contribution in [3.05, 3.63) is 35.4 Å². The fraction of sp³-hybridized carbons (Fsp3) is 0.684. The van der Waals surface area contributed by atoms with Crippen LogP contribution in [0.3, 0.4) is 0 Å². The molecule has 1 N–H and O–H groups in total. The van der Waals surface area contributed by atoms with Crippen molar-refractivity contribution in [2.75, 3.05) is 20.1 Å². The summed E-state index contributed by atoms with van der Waals surface area (Å²) in [5.41, 5.74) is 2.91. The van der Waals surface area contributed by atoms with Crippen molar-refractivity contribution < 1.29 is 0 Å². The Morgan fingerprint density at radius 1 is 1.14 bits per heavy atom. The van der Waals surface area contributed by atoms with Gasteiger partial charge in [0, 0.05) is 25.7 Å². The molecule has 1 aromatic rings. The number of nitrogens with one attached hydrogen (secondary N) is 1. The zero-order valence-electron chi connectivity index (χ0n) is 13.6. The van der Waals surface area contributed by atoms with Crippen molar-refractivity contribution in [1.82, 2.24) is 10.2 Å². The lowest BCUT2D eigenvalue weighted by Crippen LogP contribution is -2.29. The second-order valence-corrected chi connectivity index (χ2v) is 7.32. The van der Waals surface area contributed by atoms with Gasteiger partial charge in [0.15, 0.2) is 0 Å². The maximum absolute atomic E-state index is 3.63. The van der Waals surface area contributed by atoms with Gasteiger partial charge in [-0.3, -0.25) is 0 Å². The van der Waals surface area contributed by atoms with E-state index in [9.17, 15) is 0 Å². The minimum Gasteiger partial charge on any atom is -0.313 e. The molecule has 2 fully saturated rings. The van der Waals surface area contributed by atoms with Crippen LogP contribution >= 0.6 is 0 Å². The molecule has 1 aromatic carbocycles. The highest BCUT2D eigenvalue weighted by molar-refractivity contribution is 5.25. The van der Waals surface area contributed by atoms with Gasteiger partial charge in [0.25, 0.3) is 0 Å². The predicted octanol–water partition coefficient (Wildman–Crippen LogP) is 3.77. The Hall–Kier alpha value is -0.860. The first kappa shape index (κ1) is 15.1. The third-order valence-electron chi connectivity index (χ3n) is 5.09. The van der Waals surface area contributed by atoms with Crippen LogP contribution in [0.2, 0.25) is 0 Å². The van der Waals surface area contributed by atoms with E-state index >= 15 is 0 Å². The van der Waals surface area contributed by atoms with Crippen molar-refractivity contribution in [3.8, 4) is 0 Å². The van der Waals surface area contributed by atoms with Crippen LogP contribution in [0.15, 0.2) is 24.3 Å². The van der Waals surface area contributed by atoms with E-state index in [1.165, 1.54) is 49.8 Å². The second-order valence-electron chi connectivity index (χ2n) is 7.32. The van der Waals surface area contributed by atoms with Crippen molar-refractivity contribution in [2.24, 2.45) is 5.92 Å². The van der Waals surface area contributed by atoms with Crippen molar-refractivity contribution in [2.45, 2.75) is 57.5 Å². The number of hydrogen-bond donors (Lipinski definition) is 1. The lowest BCUT2D eigenvalue weighted by atomic mass is 9.85. The summed E-state index contributed by atoms with van der Waals surface area (Å²) in [5.74, 6) is 1.58. The zero-order valence-corrected chi connectivity index (χ0v) is 13.6. The van der Waals surface area contributed by atoms with Gasteiger partial charge < -0.3 is 10.2 Å². The van der Waals surface area contributed by atoms with E-state index in [1.54, 1.807) is 0 Å². The number of hydrogen-bond acceptors (Lipinski definition) is 2. The van der Waals surface area contributed by atoms with Crippen LogP contribution < -0.4 is 5.32 Å².